The van der Waals surface area contributed by atoms with Crippen LogP contribution in [0.1, 0.15) is 24.2 Å². The van der Waals surface area contributed by atoms with Crippen LogP contribution < -0.4 is 0 Å². The van der Waals surface area contributed by atoms with E-state index in [1.54, 1.807) is 6.07 Å². The molecule has 0 bridgehead atoms. The second-order valence-corrected chi connectivity index (χ2v) is 5.21. The Kier molecular flexibility index (Phi) is 5.74. The van der Waals surface area contributed by atoms with Gasteiger partial charge in [-0.05, 0) is 30.2 Å². The van der Waals surface area contributed by atoms with Crippen molar-refractivity contribution in [1.29, 1.82) is 0 Å². The van der Waals surface area contributed by atoms with Crippen LogP contribution in [0.3, 0.4) is 0 Å². The minimum Gasteiger partial charge on any atom is -0.390 e. The highest BCUT2D eigenvalue weighted by molar-refractivity contribution is 6.30. The molecule has 0 aliphatic carbocycles. The molecule has 0 amide bonds. The SMILES string of the molecule is CCOC(c1ccccc1)C(O)Cc1ccc(F)c(Cl)c1. The fourth-order valence-electron chi connectivity index (χ4n) is 2.27. The summed E-state index contributed by atoms with van der Waals surface area (Å²) in [5.41, 5.74) is 1.69. The van der Waals surface area contributed by atoms with Crippen LogP contribution in [0.2, 0.25) is 5.02 Å². The molecule has 2 rings (SSSR count). The molecule has 2 unspecified atom stereocenters. The van der Waals surface area contributed by atoms with Crippen molar-refractivity contribution in [1.82, 2.24) is 0 Å². The van der Waals surface area contributed by atoms with E-state index in [1.807, 2.05) is 37.3 Å². The second kappa shape index (κ2) is 7.55. The molecule has 0 aliphatic heterocycles. The first-order valence-electron chi connectivity index (χ1n) is 6.90. The summed E-state index contributed by atoms with van der Waals surface area (Å²) in [6.07, 6.45) is -0.798. The van der Waals surface area contributed by atoms with Crippen LogP contribution in [-0.4, -0.2) is 17.8 Å². The summed E-state index contributed by atoms with van der Waals surface area (Å²) in [7, 11) is 0. The number of hydrogen-bond donors (Lipinski definition) is 1. The average molecular weight is 309 g/mol. The number of hydrogen-bond acceptors (Lipinski definition) is 2. The molecule has 0 spiro atoms. The van der Waals surface area contributed by atoms with Gasteiger partial charge in [-0.1, -0.05) is 48.0 Å². The summed E-state index contributed by atoms with van der Waals surface area (Å²) in [6.45, 7) is 2.39. The highest BCUT2D eigenvalue weighted by Crippen LogP contribution is 2.25. The number of rotatable bonds is 6. The highest BCUT2D eigenvalue weighted by Gasteiger charge is 2.22. The van der Waals surface area contributed by atoms with Crippen molar-refractivity contribution in [2.75, 3.05) is 6.61 Å². The lowest BCUT2D eigenvalue weighted by atomic mass is 9.98. The maximum Gasteiger partial charge on any atom is 0.141 e. The summed E-state index contributed by atoms with van der Waals surface area (Å²) >= 11 is 5.77. The van der Waals surface area contributed by atoms with Crippen molar-refractivity contribution in [3.05, 3.63) is 70.5 Å². The van der Waals surface area contributed by atoms with E-state index in [4.69, 9.17) is 16.3 Å². The van der Waals surface area contributed by atoms with Crippen molar-refractivity contribution >= 4 is 11.6 Å². The zero-order valence-corrected chi connectivity index (χ0v) is 12.6. The van der Waals surface area contributed by atoms with Crippen molar-refractivity contribution < 1.29 is 14.2 Å². The molecule has 0 saturated heterocycles. The molecule has 0 radical (unpaired) electrons. The number of benzene rings is 2. The molecule has 112 valence electrons. The van der Waals surface area contributed by atoms with Crippen LogP contribution in [0.4, 0.5) is 4.39 Å². The van der Waals surface area contributed by atoms with E-state index in [9.17, 15) is 9.50 Å². The number of ether oxygens (including phenoxy) is 1. The Bertz CT molecular complexity index is 574. The monoisotopic (exact) mass is 308 g/mol. The van der Waals surface area contributed by atoms with Gasteiger partial charge in [0.05, 0.1) is 11.1 Å². The maximum absolute atomic E-state index is 13.2. The zero-order chi connectivity index (χ0) is 15.2. The summed E-state index contributed by atoms with van der Waals surface area (Å²) in [5.74, 6) is -0.459. The standard InChI is InChI=1S/C17H18ClFO2/c1-2-21-17(13-6-4-3-5-7-13)16(20)11-12-8-9-15(19)14(18)10-12/h3-10,16-17,20H,2,11H2,1H3. The van der Waals surface area contributed by atoms with Gasteiger partial charge in [0.2, 0.25) is 0 Å². The van der Waals surface area contributed by atoms with Crippen LogP contribution in [0.15, 0.2) is 48.5 Å². The first-order valence-corrected chi connectivity index (χ1v) is 7.28. The lowest BCUT2D eigenvalue weighted by Crippen LogP contribution is -2.23. The molecule has 0 saturated carbocycles. The Morgan fingerprint density at radius 1 is 1.19 bits per heavy atom. The topological polar surface area (TPSA) is 29.5 Å². The molecule has 0 fully saturated rings. The predicted octanol–water partition coefficient (Wildman–Crippen LogP) is 4.16. The minimum atomic E-state index is -0.728. The fraction of sp³-hybridized carbons (Fsp3) is 0.294. The van der Waals surface area contributed by atoms with Gasteiger partial charge < -0.3 is 9.84 Å². The van der Waals surface area contributed by atoms with E-state index in [2.05, 4.69) is 0 Å². The highest BCUT2D eigenvalue weighted by atomic mass is 35.5. The minimum absolute atomic E-state index is 0.0624. The van der Waals surface area contributed by atoms with E-state index in [-0.39, 0.29) is 5.02 Å². The summed E-state index contributed by atoms with van der Waals surface area (Å²) < 4.78 is 18.8. The number of aliphatic hydroxyl groups excluding tert-OH is 1. The maximum atomic E-state index is 13.2. The smallest absolute Gasteiger partial charge is 0.141 e. The first kappa shape index (κ1) is 16.0. The third-order valence-corrected chi connectivity index (χ3v) is 3.54. The predicted molar refractivity (Wildman–Crippen MR) is 81.9 cm³/mol. The number of halogens is 2. The van der Waals surface area contributed by atoms with Crippen molar-refractivity contribution in [3.8, 4) is 0 Å². The molecule has 21 heavy (non-hydrogen) atoms. The van der Waals surface area contributed by atoms with Crippen LogP contribution in [-0.2, 0) is 11.2 Å². The van der Waals surface area contributed by atoms with E-state index in [1.165, 1.54) is 12.1 Å². The van der Waals surface area contributed by atoms with Gasteiger partial charge >= 0.3 is 0 Å². The van der Waals surface area contributed by atoms with Crippen molar-refractivity contribution in [2.45, 2.75) is 25.6 Å². The van der Waals surface area contributed by atoms with E-state index in [0.29, 0.717) is 13.0 Å². The molecule has 2 atom stereocenters. The molecule has 4 heteroatoms. The third-order valence-electron chi connectivity index (χ3n) is 3.25. The molecule has 1 N–H and O–H groups in total. The first-order chi connectivity index (χ1) is 10.1. The van der Waals surface area contributed by atoms with Gasteiger partial charge in [-0.15, -0.1) is 0 Å². The lowest BCUT2D eigenvalue weighted by Gasteiger charge is -2.23. The molecular formula is C17H18ClFO2. The Labute approximate surface area is 129 Å². The van der Waals surface area contributed by atoms with Gasteiger partial charge in [-0.2, -0.15) is 0 Å². The third kappa shape index (κ3) is 4.27. The van der Waals surface area contributed by atoms with Gasteiger partial charge in [0.15, 0.2) is 0 Å². The quantitative estimate of drug-likeness (QED) is 0.868. The van der Waals surface area contributed by atoms with E-state index < -0.39 is 18.0 Å². The van der Waals surface area contributed by atoms with Crippen molar-refractivity contribution in [3.63, 3.8) is 0 Å². The zero-order valence-electron chi connectivity index (χ0n) is 11.8. The summed E-state index contributed by atoms with van der Waals surface area (Å²) in [6, 6.07) is 14.0. The van der Waals surface area contributed by atoms with Crippen LogP contribution in [0, 0.1) is 5.82 Å². The van der Waals surface area contributed by atoms with Gasteiger partial charge in [0.1, 0.15) is 11.9 Å². The van der Waals surface area contributed by atoms with Gasteiger partial charge in [0.25, 0.3) is 0 Å². The van der Waals surface area contributed by atoms with Gasteiger partial charge in [0, 0.05) is 13.0 Å². The van der Waals surface area contributed by atoms with E-state index in [0.717, 1.165) is 11.1 Å². The molecule has 0 heterocycles. The molecule has 2 nitrogen and oxygen atoms in total. The fourth-order valence-corrected chi connectivity index (χ4v) is 2.47. The van der Waals surface area contributed by atoms with Crippen LogP contribution in [0.5, 0.6) is 0 Å². The molecule has 0 aliphatic rings. The summed E-state index contributed by atoms with van der Waals surface area (Å²) in [5, 5.41) is 10.5. The van der Waals surface area contributed by atoms with Gasteiger partial charge in [-0.25, -0.2) is 4.39 Å². The molecule has 2 aromatic rings. The van der Waals surface area contributed by atoms with E-state index >= 15 is 0 Å². The average Bonchev–Trinajstić information content (AvgIpc) is 2.49. The van der Waals surface area contributed by atoms with Gasteiger partial charge in [-0.3, -0.25) is 0 Å². The van der Waals surface area contributed by atoms with Crippen LogP contribution in [0.25, 0.3) is 0 Å². The van der Waals surface area contributed by atoms with Crippen molar-refractivity contribution in [2.24, 2.45) is 0 Å². The Hall–Kier alpha value is -1.42. The number of aliphatic hydroxyl groups is 1. The summed E-state index contributed by atoms with van der Waals surface area (Å²) in [4.78, 5) is 0. The second-order valence-electron chi connectivity index (χ2n) is 4.81. The molecule has 0 aromatic heterocycles. The Morgan fingerprint density at radius 3 is 2.52 bits per heavy atom. The Balaban J connectivity index is 2.15. The lowest BCUT2D eigenvalue weighted by molar-refractivity contribution is -0.0339. The largest absolute Gasteiger partial charge is 0.390 e. The van der Waals surface area contributed by atoms with Crippen LogP contribution >= 0.6 is 11.6 Å². The molecule has 2 aromatic carbocycles. The molecular weight excluding hydrogens is 291 g/mol. The normalized spacial score (nSPS) is 13.9. The Morgan fingerprint density at radius 2 is 1.90 bits per heavy atom.